The van der Waals surface area contributed by atoms with E-state index >= 15 is 0 Å². The van der Waals surface area contributed by atoms with Crippen LogP contribution in [0.25, 0.3) is 0 Å². The number of carbonyl (C=O) groups is 2. The van der Waals surface area contributed by atoms with Crippen molar-refractivity contribution in [2.45, 2.75) is 37.8 Å². The van der Waals surface area contributed by atoms with Crippen LogP contribution in [0.3, 0.4) is 0 Å². The van der Waals surface area contributed by atoms with E-state index in [4.69, 9.17) is 11.6 Å². The van der Waals surface area contributed by atoms with Gasteiger partial charge in [0.2, 0.25) is 5.91 Å². The minimum atomic E-state index is -0.932. The standard InChI is InChI=1S/C15H15ClFNO3/c16-11-7-8(1-5-12(11)17)14-10(15(20)21)4-6-13(19)18(14)9-2-3-9/h1,5,7,9-10,14H,2-4,6H2,(H,20,21). The molecule has 112 valence electrons. The summed E-state index contributed by atoms with van der Waals surface area (Å²) < 4.78 is 13.3. The van der Waals surface area contributed by atoms with Crippen molar-refractivity contribution >= 4 is 23.5 Å². The fourth-order valence-corrected chi connectivity index (χ4v) is 3.24. The first-order valence-electron chi connectivity index (χ1n) is 6.98. The Labute approximate surface area is 126 Å². The van der Waals surface area contributed by atoms with Gasteiger partial charge in [0.05, 0.1) is 17.0 Å². The second kappa shape index (κ2) is 5.30. The molecule has 6 heteroatoms. The van der Waals surface area contributed by atoms with Gasteiger partial charge in [-0.15, -0.1) is 0 Å². The number of aliphatic carboxylic acids is 1. The fourth-order valence-electron chi connectivity index (χ4n) is 3.05. The molecule has 2 fully saturated rings. The maximum absolute atomic E-state index is 13.3. The Morgan fingerprint density at radius 1 is 1.33 bits per heavy atom. The van der Waals surface area contributed by atoms with Gasteiger partial charge in [-0.05, 0) is 37.0 Å². The van der Waals surface area contributed by atoms with E-state index < -0.39 is 23.7 Å². The predicted molar refractivity (Wildman–Crippen MR) is 74.4 cm³/mol. The number of hydrogen-bond donors (Lipinski definition) is 1. The molecule has 1 saturated carbocycles. The summed E-state index contributed by atoms with van der Waals surface area (Å²) in [5.74, 6) is -2.18. The topological polar surface area (TPSA) is 57.6 Å². The number of carbonyl (C=O) groups excluding carboxylic acids is 1. The van der Waals surface area contributed by atoms with E-state index in [1.807, 2.05) is 0 Å². The van der Waals surface area contributed by atoms with Crippen LogP contribution in [0.1, 0.15) is 37.3 Å². The van der Waals surface area contributed by atoms with Crippen LogP contribution in [0.5, 0.6) is 0 Å². The molecular formula is C15H15ClFNO3. The zero-order valence-corrected chi connectivity index (χ0v) is 12.0. The Kier molecular flexibility index (Phi) is 3.61. The molecule has 3 rings (SSSR count). The van der Waals surface area contributed by atoms with Gasteiger partial charge in [-0.25, -0.2) is 4.39 Å². The van der Waals surface area contributed by atoms with E-state index in [2.05, 4.69) is 0 Å². The van der Waals surface area contributed by atoms with Gasteiger partial charge in [-0.1, -0.05) is 17.7 Å². The highest BCUT2D eigenvalue weighted by Gasteiger charge is 2.46. The molecule has 1 amide bonds. The zero-order valence-electron chi connectivity index (χ0n) is 11.3. The number of halogens is 2. The second-order valence-electron chi connectivity index (χ2n) is 5.63. The molecule has 1 saturated heterocycles. The maximum atomic E-state index is 13.3. The minimum absolute atomic E-state index is 0.0274. The van der Waals surface area contributed by atoms with Crippen LogP contribution in [0.4, 0.5) is 4.39 Å². The molecule has 1 aromatic rings. The molecule has 2 atom stereocenters. The van der Waals surface area contributed by atoms with Gasteiger partial charge >= 0.3 is 5.97 Å². The summed E-state index contributed by atoms with van der Waals surface area (Å²) in [5.41, 5.74) is 0.591. The fraction of sp³-hybridized carbons (Fsp3) is 0.467. The third-order valence-electron chi connectivity index (χ3n) is 4.18. The van der Waals surface area contributed by atoms with Crippen LogP contribution >= 0.6 is 11.6 Å². The highest BCUT2D eigenvalue weighted by Crippen LogP contribution is 2.44. The average molecular weight is 312 g/mol. The number of benzene rings is 1. The number of hydrogen-bond acceptors (Lipinski definition) is 2. The molecule has 1 aliphatic carbocycles. The van der Waals surface area contributed by atoms with Crippen molar-refractivity contribution in [2.75, 3.05) is 0 Å². The number of nitrogens with zero attached hydrogens (tertiary/aromatic N) is 1. The van der Waals surface area contributed by atoms with Crippen molar-refractivity contribution in [1.82, 2.24) is 4.90 Å². The molecule has 0 spiro atoms. The second-order valence-corrected chi connectivity index (χ2v) is 6.04. The van der Waals surface area contributed by atoms with Crippen LogP contribution in [0, 0.1) is 11.7 Å². The number of carboxylic acids is 1. The molecule has 4 nitrogen and oxygen atoms in total. The Bertz CT molecular complexity index is 603. The largest absolute Gasteiger partial charge is 0.481 e. The van der Waals surface area contributed by atoms with Gasteiger partial charge in [0.25, 0.3) is 0 Å². The monoisotopic (exact) mass is 311 g/mol. The summed E-state index contributed by atoms with van der Waals surface area (Å²) in [4.78, 5) is 25.4. The first-order valence-corrected chi connectivity index (χ1v) is 7.35. The molecule has 0 aromatic heterocycles. The average Bonchev–Trinajstić information content (AvgIpc) is 3.25. The van der Waals surface area contributed by atoms with E-state index in [0.29, 0.717) is 12.0 Å². The van der Waals surface area contributed by atoms with Crippen molar-refractivity contribution in [1.29, 1.82) is 0 Å². The van der Waals surface area contributed by atoms with Gasteiger partial charge in [-0.2, -0.15) is 0 Å². The van der Waals surface area contributed by atoms with Crippen molar-refractivity contribution < 1.29 is 19.1 Å². The lowest BCUT2D eigenvalue weighted by atomic mass is 9.84. The molecule has 1 N–H and O–H groups in total. The maximum Gasteiger partial charge on any atom is 0.308 e. The molecular weight excluding hydrogens is 297 g/mol. The molecule has 2 unspecified atom stereocenters. The normalized spacial score (nSPS) is 26.0. The van der Waals surface area contributed by atoms with Crippen molar-refractivity contribution in [2.24, 2.45) is 5.92 Å². The lowest BCUT2D eigenvalue weighted by molar-refractivity contribution is -0.152. The Morgan fingerprint density at radius 2 is 2.05 bits per heavy atom. The number of rotatable bonds is 3. The Morgan fingerprint density at radius 3 is 2.62 bits per heavy atom. The number of likely N-dealkylation sites (tertiary alicyclic amines) is 1. The summed E-state index contributed by atoms with van der Waals surface area (Å²) >= 11 is 5.81. The van der Waals surface area contributed by atoms with Gasteiger partial charge in [0.15, 0.2) is 0 Å². The predicted octanol–water partition coefficient (Wildman–Crippen LogP) is 3.01. The number of carboxylic acid groups (broad SMARTS) is 1. The van der Waals surface area contributed by atoms with Crippen molar-refractivity contribution in [3.63, 3.8) is 0 Å². The van der Waals surface area contributed by atoms with Crippen LogP contribution < -0.4 is 0 Å². The van der Waals surface area contributed by atoms with Gasteiger partial charge < -0.3 is 10.0 Å². The van der Waals surface area contributed by atoms with Gasteiger partial charge in [0.1, 0.15) is 5.82 Å². The minimum Gasteiger partial charge on any atom is -0.481 e. The summed E-state index contributed by atoms with van der Waals surface area (Å²) in [6, 6.07) is 3.73. The lowest BCUT2D eigenvalue weighted by Crippen LogP contribution is -2.46. The molecule has 1 heterocycles. The number of piperidine rings is 1. The smallest absolute Gasteiger partial charge is 0.308 e. The molecule has 0 radical (unpaired) electrons. The SMILES string of the molecule is O=C(O)C1CCC(=O)N(C2CC2)C1c1ccc(F)c(Cl)c1. The van der Waals surface area contributed by atoms with Gasteiger partial charge in [0, 0.05) is 12.5 Å². The summed E-state index contributed by atoms with van der Waals surface area (Å²) in [5, 5.41) is 9.40. The first-order chi connectivity index (χ1) is 9.99. The zero-order chi connectivity index (χ0) is 15.1. The Hall–Kier alpha value is -1.62. The molecule has 2 aliphatic rings. The van der Waals surface area contributed by atoms with Crippen molar-refractivity contribution in [3.8, 4) is 0 Å². The van der Waals surface area contributed by atoms with E-state index in [1.54, 1.807) is 4.90 Å². The number of amides is 1. The summed E-state index contributed by atoms with van der Waals surface area (Å²) in [6.07, 6.45) is 2.34. The quantitative estimate of drug-likeness (QED) is 0.933. The highest BCUT2D eigenvalue weighted by atomic mass is 35.5. The lowest BCUT2D eigenvalue weighted by Gasteiger charge is -2.40. The third-order valence-corrected chi connectivity index (χ3v) is 4.47. The first kappa shape index (κ1) is 14.3. The van der Waals surface area contributed by atoms with E-state index in [9.17, 15) is 19.1 Å². The summed E-state index contributed by atoms with van der Waals surface area (Å²) in [7, 11) is 0. The van der Waals surface area contributed by atoms with Gasteiger partial charge in [-0.3, -0.25) is 9.59 Å². The third kappa shape index (κ3) is 2.62. The van der Waals surface area contributed by atoms with Crippen molar-refractivity contribution in [3.05, 3.63) is 34.6 Å². The van der Waals surface area contributed by atoms with Crippen LogP contribution in [0.15, 0.2) is 18.2 Å². The molecule has 0 bridgehead atoms. The van der Waals surface area contributed by atoms with Crippen LogP contribution in [-0.2, 0) is 9.59 Å². The van der Waals surface area contributed by atoms with Crippen LogP contribution in [0.2, 0.25) is 5.02 Å². The highest BCUT2D eigenvalue weighted by molar-refractivity contribution is 6.30. The Balaban J connectivity index is 2.03. The van der Waals surface area contributed by atoms with E-state index in [1.165, 1.54) is 18.2 Å². The summed E-state index contributed by atoms with van der Waals surface area (Å²) in [6.45, 7) is 0. The van der Waals surface area contributed by atoms with E-state index in [-0.39, 0.29) is 23.4 Å². The molecule has 1 aliphatic heterocycles. The molecule has 21 heavy (non-hydrogen) atoms. The van der Waals surface area contributed by atoms with Crippen LogP contribution in [-0.4, -0.2) is 27.9 Å². The van der Waals surface area contributed by atoms with E-state index in [0.717, 1.165) is 12.8 Å². The molecule has 1 aromatic carbocycles.